The molecule has 0 N–H and O–H groups in total. The summed E-state index contributed by atoms with van der Waals surface area (Å²) in [6.07, 6.45) is -0.804. The molecule has 1 atom stereocenters. The van der Waals surface area contributed by atoms with Crippen LogP contribution in [-0.2, 0) is 6.18 Å². The molecule has 1 aliphatic heterocycles. The average Bonchev–Trinajstić information content (AvgIpc) is 2.52. The van der Waals surface area contributed by atoms with E-state index in [1.54, 1.807) is 6.07 Å². The zero-order chi connectivity index (χ0) is 16.2. The summed E-state index contributed by atoms with van der Waals surface area (Å²) in [6.45, 7) is 4.17. The van der Waals surface area contributed by atoms with Crippen molar-refractivity contribution in [2.75, 3.05) is 19.6 Å². The third-order valence-corrected chi connectivity index (χ3v) is 4.01. The van der Waals surface area contributed by atoms with Crippen LogP contribution < -0.4 is 0 Å². The van der Waals surface area contributed by atoms with Crippen LogP contribution in [0.2, 0.25) is 0 Å². The summed E-state index contributed by atoms with van der Waals surface area (Å²) in [5.74, 6) is 0.0171. The maximum absolute atomic E-state index is 12.8. The van der Waals surface area contributed by atoms with E-state index in [0.29, 0.717) is 18.5 Å². The van der Waals surface area contributed by atoms with E-state index in [2.05, 4.69) is 11.0 Å². The molecule has 5 heteroatoms. The SMILES string of the molecule is CCC(C#N)CN1CC=C(c2cccc(C(F)(F)F)c2)CC1. The zero-order valence-electron chi connectivity index (χ0n) is 12.5. The van der Waals surface area contributed by atoms with Gasteiger partial charge >= 0.3 is 6.18 Å². The Morgan fingerprint density at radius 3 is 2.68 bits per heavy atom. The molecule has 0 aliphatic carbocycles. The lowest BCUT2D eigenvalue weighted by Crippen LogP contribution is -2.32. The Hall–Kier alpha value is -1.80. The van der Waals surface area contributed by atoms with Crippen molar-refractivity contribution in [1.82, 2.24) is 4.90 Å². The first-order valence-electron chi connectivity index (χ1n) is 7.42. The number of benzene rings is 1. The second-order valence-corrected chi connectivity index (χ2v) is 5.55. The highest BCUT2D eigenvalue weighted by atomic mass is 19.4. The van der Waals surface area contributed by atoms with Crippen molar-refractivity contribution in [3.05, 3.63) is 41.5 Å². The minimum atomic E-state index is -4.31. The van der Waals surface area contributed by atoms with E-state index in [4.69, 9.17) is 5.26 Å². The van der Waals surface area contributed by atoms with Gasteiger partial charge in [-0.2, -0.15) is 18.4 Å². The van der Waals surface area contributed by atoms with Crippen molar-refractivity contribution >= 4 is 5.57 Å². The summed E-state index contributed by atoms with van der Waals surface area (Å²) < 4.78 is 38.3. The Kier molecular flexibility index (Phi) is 5.25. The van der Waals surface area contributed by atoms with Crippen molar-refractivity contribution in [3.8, 4) is 6.07 Å². The van der Waals surface area contributed by atoms with Crippen LogP contribution in [0.4, 0.5) is 13.2 Å². The molecule has 0 bridgehead atoms. The summed E-state index contributed by atoms with van der Waals surface area (Å²) in [5.41, 5.74) is 0.984. The predicted octanol–water partition coefficient (Wildman–Crippen LogP) is 4.34. The van der Waals surface area contributed by atoms with Crippen molar-refractivity contribution in [1.29, 1.82) is 5.26 Å². The average molecular weight is 308 g/mol. The third kappa shape index (κ3) is 4.11. The van der Waals surface area contributed by atoms with Crippen LogP contribution in [0, 0.1) is 17.2 Å². The van der Waals surface area contributed by atoms with Crippen molar-refractivity contribution in [2.45, 2.75) is 25.9 Å². The predicted molar refractivity (Wildman–Crippen MR) is 79.9 cm³/mol. The Morgan fingerprint density at radius 2 is 2.14 bits per heavy atom. The van der Waals surface area contributed by atoms with Crippen LogP contribution in [0.1, 0.15) is 30.9 Å². The molecule has 1 unspecified atom stereocenters. The van der Waals surface area contributed by atoms with Gasteiger partial charge in [-0.1, -0.05) is 25.1 Å². The number of nitrogens with zero attached hydrogens (tertiary/aromatic N) is 2. The van der Waals surface area contributed by atoms with E-state index < -0.39 is 11.7 Å². The molecule has 0 aromatic heterocycles. The summed E-state index contributed by atoms with van der Waals surface area (Å²) in [7, 11) is 0. The molecule has 0 radical (unpaired) electrons. The Morgan fingerprint density at radius 1 is 1.36 bits per heavy atom. The van der Waals surface area contributed by atoms with Crippen LogP contribution in [0.15, 0.2) is 30.3 Å². The molecule has 0 saturated carbocycles. The smallest absolute Gasteiger partial charge is 0.298 e. The normalized spacial score (nSPS) is 17.7. The van der Waals surface area contributed by atoms with Gasteiger partial charge in [-0.15, -0.1) is 0 Å². The molecule has 1 heterocycles. The topological polar surface area (TPSA) is 27.0 Å². The van der Waals surface area contributed by atoms with Crippen LogP contribution >= 0.6 is 0 Å². The summed E-state index contributed by atoms with van der Waals surface area (Å²) in [4.78, 5) is 2.18. The van der Waals surface area contributed by atoms with E-state index in [1.807, 2.05) is 13.0 Å². The number of rotatable bonds is 4. The maximum Gasteiger partial charge on any atom is 0.416 e. The number of alkyl halides is 3. The highest BCUT2D eigenvalue weighted by Gasteiger charge is 2.30. The van der Waals surface area contributed by atoms with Crippen molar-refractivity contribution in [3.63, 3.8) is 0 Å². The summed E-state index contributed by atoms with van der Waals surface area (Å²) >= 11 is 0. The van der Waals surface area contributed by atoms with Crippen molar-refractivity contribution < 1.29 is 13.2 Å². The largest absolute Gasteiger partial charge is 0.416 e. The first-order valence-corrected chi connectivity index (χ1v) is 7.42. The van der Waals surface area contributed by atoms with Gasteiger partial charge in [-0.3, -0.25) is 4.90 Å². The van der Waals surface area contributed by atoms with Gasteiger partial charge in [0.05, 0.1) is 17.6 Å². The highest BCUT2D eigenvalue weighted by Crippen LogP contribution is 2.32. The van der Waals surface area contributed by atoms with Gasteiger partial charge in [-0.05, 0) is 36.1 Å². The maximum atomic E-state index is 12.8. The van der Waals surface area contributed by atoms with Gasteiger partial charge in [0, 0.05) is 19.6 Å². The van der Waals surface area contributed by atoms with Gasteiger partial charge < -0.3 is 0 Å². The van der Waals surface area contributed by atoms with Gasteiger partial charge in [-0.25, -0.2) is 0 Å². The molecule has 2 rings (SSSR count). The molecule has 118 valence electrons. The lowest BCUT2D eigenvalue weighted by molar-refractivity contribution is -0.137. The van der Waals surface area contributed by atoms with E-state index in [-0.39, 0.29) is 5.92 Å². The Labute approximate surface area is 128 Å². The van der Waals surface area contributed by atoms with E-state index in [0.717, 1.165) is 31.1 Å². The molecule has 0 spiro atoms. The molecule has 1 aliphatic rings. The Bertz CT molecular complexity index is 584. The molecule has 1 aromatic carbocycles. The van der Waals surface area contributed by atoms with Crippen LogP contribution in [0.25, 0.3) is 5.57 Å². The van der Waals surface area contributed by atoms with E-state index in [1.165, 1.54) is 12.1 Å². The van der Waals surface area contributed by atoms with E-state index in [9.17, 15) is 13.2 Å². The van der Waals surface area contributed by atoms with Crippen LogP contribution in [-0.4, -0.2) is 24.5 Å². The summed E-state index contributed by atoms with van der Waals surface area (Å²) in [6, 6.07) is 7.76. The fourth-order valence-corrected chi connectivity index (χ4v) is 2.61. The van der Waals surface area contributed by atoms with Gasteiger partial charge in [0.2, 0.25) is 0 Å². The third-order valence-electron chi connectivity index (χ3n) is 4.01. The van der Waals surface area contributed by atoms with Crippen LogP contribution in [0.5, 0.6) is 0 Å². The fourth-order valence-electron chi connectivity index (χ4n) is 2.61. The lowest BCUT2D eigenvalue weighted by atomic mass is 9.97. The number of hydrogen-bond acceptors (Lipinski definition) is 2. The molecular weight excluding hydrogens is 289 g/mol. The van der Waals surface area contributed by atoms with Crippen molar-refractivity contribution in [2.24, 2.45) is 5.92 Å². The van der Waals surface area contributed by atoms with Crippen LogP contribution in [0.3, 0.4) is 0 Å². The molecular formula is C17H19F3N2. The quantitative estimate of drug-likeness (QED) is 0.827. The zero-order valence-corrected chi connectivity index (χ0v) is 12.5. The first kappa shape index (κ1) is 16.6. The number of halogens is 3. The highest BCUT2D eigenvalue weighted by molar-refractivity contribution is 5.67. The number of hydrogen-bond donors (Lipinski definition) is 0. The molecule has 22 heavy (non-hydrogen) atoms. The second kappa shape index (κ2) is 6.97. The monoisotopic (exact) mass is 308 g/mol. The minimum absolute atomic E-state index is 0.0171. The Balaban J connectivity index is 2.07. The molecule has 0 saturated heterocycles. The minimum Gasteiger partial charge on any atom is -0.298 e. The lowest BCUT2D eigenvalue weighted by Gasteiger charge is -2.28. The van der Waals surface area contributed by atoms with Gasteiger partial charge in [0.1, 0.15) is 0 Å². The summed E-state index contributed by atoms with van der Waals surface area (Å²) in [5, 5.41) is 8.99. The molecule has 1 aromatic rings. The van der Waals surface area contributed by atoms with Gasteiger partial charge in [0.15, 0.2) is 0 Å². The number of nitriles is 1. The van der Waals surface area contributed by atoms with Gasteiger partial charge in [0.25, 0.3) is 0 Å². The molecule has 0 amide bonds. The second-order valence-electron chi connectivity index (χ2n) is 5.55. The molecule has 0 fully saturated rings. The fraction of sp³-hybridized carbons (Fsp3) is 0.471. The molecule has 2 nitrogen and oxygen atoms in total. The van der Waals surface area contributed by atoms with E-state index >= 15 is 0 Å². The first-order chi connectivity index (χ1) is 10.4. The standard InChI is InChI=1S/C17H19F3N2/c1-2-13(11-21)12-22-8-6-14(7-9-22)15-4-3-5-16(10-15)17(18,19)20/h3-6,10,13H,2,7-9,12H2,1H3.